The molecule has 0 saturated heterocycles. The van der Waals surface area contributed by atoms with E-state index in [1.807, 2.05) is 25.1 Å². The molecular weight excluding hydrogens is 273 g/mol. The summed E-state index contributed by atoms with van der Waals surface area (Å²) >= 11 is 0. The first-order chi connectivity index (χ1) is 10.0. The van der Waals surface area contributed by atoms with Crippen LogP contribution in [0.15, 0.2) is 41.0 Å². The van der Waals surface area contributed by atoms with E-state index >= 15 is 0 Å². The van der Waals surface area contributed by atoms with Gasteiger partial charge in [0, 0.05) is 6.54 Å². The summed E-state index contributed by atoms with van der Waals surface area (Å²) in [5.41, 5.74) is 5.57. The van der Waals surface area contributed by atoms with E-state index < -0.39 is 11.7 Å². The highest BCUT2D eigenvalue weighted by molar-refractivity contribution is 5.99. The maximum absolute atomic E-state index is 13.4. The Hall–Kier alpha value is -2.34. The van der Waals surface area contributed by atoms with Crippen molar-refractivity contribution in [2.75, 3.05) is 26.4 Å². The lowest BCUT2D eigenvalue weighted by Crippen LogP contribution is -2.34. The van der Waals surface area contributed by atoms with Gasteiger partial charge in [0.2, 0.25) is 0 Å². The quantitative estimate of drug-likeness (QED) is 0.827. The number of hydrogen-bond donors (Lipinski definition) is 2. The molecule has 6 heteroatoms. The Bertz CT molecular complexity index is 611. The van der Waals surface area contributed by atoms with E-state index in [-0.39, 0.29) is 17.3 Å². The minimum atomic E-state index is -0.599. The van der Waals surface area contributed by atoms with Crippen LogP contribution in [-0.4, -0.2) is 31.4 Å². The highest BCUT2D eigenvalue weighted by atomic mass is 19.1. The second kappa shape index (κ2) is 6.41. The summed E-state index contributed by atoms with van der Waals surface area (Å²) in [6.07, 6.45) is 1.58. The number of halogens is 1. The number of nitrogen functional groups attached to an aromatic ring is 1. The van der Waals surface area contributed by atoms with Crippen LogP contribution < -0.4 is 11.1 Å². The fourth-order valence-corrected chi connectivity index (χ4v) is 2.04. The van der Waals surface area contributed by atoms with Gasteiger partial charge in [0.15, 0.2) is 0 Å². The third-order valence-corrected chi connectivity index (χ3v) is 3.25. The third-order valence-electron chi connectivity index (χ3n) is 3.25. The van der Waals surface area contributed by atoms with Gasteiger partial charge in [0.25, 0.3) is 5.91 Å². The van der Waals surface area contributed by atoms with Crippen LogP contribution in [0.3, 0.4) is 0 Å². The first kappa shape index (κ1) is 15.1. The number of para-hydroxylation sites is 1. The Kier molecular flexibility index (Phi) is 4.59. The van der Waals surface area contributed by atoms with Crippen molar-refractivity contribution < 1.29 is 13.6 Å². The zero-order chi connectivity index (χ0) is 15.4. The third kappa shape index (κ3) is 3.41. The molecule has 2 aromatic rings. The van der Waals surface area contributed by atoms with E-state index in [2.05, 4.69) is 5.32 Å². The first-order valence-corrected chi connectivity index (χ1v) is 6.52. The molecule has 0 spiro atoms. The van der Waals surface area contributed by atoms with Gasteiger partial charge in [-0.15, -0.1) is 0 Å². The van der Waals surface area contributed by atoms with Crippen molar-refractivity contribution >= 4 is 11.6 Å². The van der Waals surface area contributed by atoms with E-state index in [1.54, 1.807) is 12.3 Å². The molecule has 0 bridgehead atoms. The number of nitrogens with zero attached hydrogens (tertiary/aromatic N) is 1. The summed E-state index contributed by atoms with van der Waals surface area (Å²) in [5, 5.41) is 2.75. The second-order valence-corrected chi connectivity index (χ2v) is 4.91. The minimum Gasteiger partial charge on any atom is -0.468 e. The molecular formula is C15H18FN3O2. The van der Waals surface area contributed by atoms with Crippen molar-refractivity contribution in [3.05, 3.63) is 53.7 Å². The number of nitrogens with two attached hydrogens (primary N) is 1. The van der Waals surface area contributed by atoms with Crippen LogP contribution in [0.5, 0.6) is 0 Å². The first-order valence-electron chi connectivity index (χ1n) is 6.52. The van der Waals surface area contributed by atoms with Crippen molar-refractivity contribution in [1.82, 2.24) is 10.2 Å². The average molecular weight is 291 g/mol. The normalized spacial score (nSPS) is 12.4. The lowest BCUT2D eigenvalue weighted by atomic mass is 10.1. The molecule has 0 fully saturated rings. The summed E-state index contributed by atoms with van der Waals surface area (Å²) < 4.78 is 18.7. The zero-order valence-electron chi connectivity index (χ0n) is 12.0. The Morgan fingerprint density at radius 3 is 2.76 bits per heavy atom. The SMILES string of the molecule is CN(C)C(CNC(=O)c1cccc(F)c1N)c1ccco1. The maximum Gasteiger partial charge on any atom is 0.253 e. The van der Waals surface area contributed by atoms with E-state index in [0.29, 0.717) is 6.54 Å². The molecule has 5 nitrogen and oxygen atoms in total. The lowest BCUT2D eigenvalue weighted by Gasteiger charge is -2.22. The zero-order valence-corrected chi connectivity index (χ0v) is 12.0. The number of rotatable bonds is 5. The molecule has 1 amide bonds. The molecule has 2 rings (SSSR count). The topological polar surface area (TPSA) is 71.5 Å². The van der Waals surface area contributed by atoms with Gasteiger partial charge in [-0.2, -0.15) is 0 Å². The highest BCUT2D eigenvalue weighted by Gasteiger charge is 2.19. The standard InChI is InChI=1S/C15H18FN3O2/c1-19(2)12(13-7-4-8-21-13)9-18-15(20)10-5-3-6-11(16)14(10)17/h3-8,12H,9,17H2,1-2H3,(H,18,20). The molecule has 0 aliphatic carbocycles. The van der Waals surface area contributed by atoms with Gasteiger partial charge < -0.3 is 15.5 Å². The number of carbonyl (C=O) groups is 1. The van der Waals surface area contributed by atoms with Crippen LogP contribution in [0.25, 0.3) is 0 Å². The van der Waals surface area contributed by atoms with Gasteiger partial charge in [0.1, 0.15) is 11.6 Å². The summed E-state index contributed by atoms with van der Waals surface area (Å²) in [7, 11) is 3.77. The molecule has 0 aliphatic heterocycles. The van der Waals surface area contributed by atoms with E-state index in [1.165, 1.54) is 18.2 Å². The number of anilines is 1. The molecule has 0 saturated carbocycles. The van der Waals surface area contributed by atoms with Gasteiger partial charge in [-0.3, -0.25) is 9.69 Å². The number of benzene rings is 1. The largest absolute Gasteiger partial charge is 0.468 e. The van der Waals surface area contributed by atoms with Crippen LogP contribution in [-0.2, 0) is 0 Å². The predicted octanol–water partition coefficient (Wildman–Crippen LogP) is 2.03. The summed E-state index contributed by atoms with van der Waals surface area (Å²) in [4.78, 5) is 14.0. The van der Waals surface area contributed by atoms with E-state index in [0.717, 1.165) is 5.76 Å². The van der Waals surface area contributed by atoms with Crippen molar-refractivity contribution in [1.29, 1.82) is 0 Å². The molecule has 0 aliphatic rings. The molecule has 1 aromatic heterocycles. The number of amides is 1. The average Bonchev–Trinajstić information content (AvgIpc) is 2.95. The fourth-order valence-electron chi connectivity index (χ4n) is 2.04. The highest BCUT2D eigenvalue weighted by Crippen LogP contribution is 2.19. The summed E-state index contributed by atoms with van der Waals surface area (Å²) in [6.45, 7) is 0.329. The predicted molar refractivity (Wildman–Crippen MR) is 78.3 cm³/mol. The minimum absolute atomic E-state index is 0.112. The monoisotopic (exact) mass is 291 g/mol. The molecule has 1 aromatic carbocycles. The number of likely N-dealkylation sites (N-methyl/N-ethyl adjacent to an activating group) is 1. The van der Waals surface area contributed by atoms with Crippen molar-refractivity contribution in [2.45, 2.75) is 6.04 Å². The van der Waals surface area contributed by atoms with Crippen molar-refractivity contribution in [3.8, 4) is 0 Å². The van der Waals surface area contributed by atoms with E-state index in [9.17, 15) is 9.18 Å². The van der Waals surface area contributed by atoms with Crippen LogP contribution in [0.4, 0.5) is 10.1 Å². The smallest absolute Gasteiger partial charge is 0.253 e. The molecule has 1 unspecified atom stereocenters. The molecule has 21 heavy (non-hydrogen) atoms. The van der Waals surface area contributed by atoms with Crippen LogP contribution in [0.1, 0.15) is 22.2 Å². The molecule has 3 N–H and O–H groups in total. The van der Waals surface area contributed by atoms with Crippen LogP contribution in [0, 0.1) is 5.82 Å². The Morgan fingerprint density at radius 2 is 2.14 bits per heavy atom. The summed E-state index contributed by atoms with van der Waals surface area (Å²) in [6, 6.07) is 7.68. The second-order valence-electron chi connectivity index (χ2n) is 4.91. The van der Waals surface area contributed by atoms with E-state index in [4.69, 9.17) is 10.2 Å². The number of nitrogens with one attached hydrogen (secondary N) is 1. The van der Waals surface area contributed by atoms with Crippen molar-refractivity contribution in [2.24, 2.45) is 0 Å². The molecule has 0 radical (unpaired) electrons. The molecule has 1 atom stereocenters. The Labute approximate surface area is 122 Å². The summed E-state index contributed by atoms with van der Waals surface area (Å²) in [5.74, 6) is -0.268. The maximum atomic E-state index is 13.4. The Morgan fingerprint density at radius 1 is 1.38 bits per heavy atom. The van der Waals surface area contributed by atoms with Crippen LogP contribution in [0.2, 0.25) is 0 Å². The molecule has 1 heterocycles. The number of hydrogen-bond acceptors (Lipinski definition) is 4. The fraction of sp³-hybridized carbons (Fsp3) is 0.267. The van der Waals surface area contributed by atoms with Gasteiger partial charge >= 0.3 is 0 Å². The van der Waals surface area contributed by atoms with Crippen LogP contribution >= 0.6 is 0 Å². The number of furan rings is 1. The van der Waals surface area contributed by atoms with Gasteiger partial charge in [-0.05, 0) is 38.4 Å². The van der Waals surface area contributed by atoms with Gasteiger partial charge in [0.05, 0.1) is 23.6 Å². The van der Waals surface area contributed by atoms with Gasteiger partial charge in [-0.1, -0.05) is 6.07 Å². The lowest BCUT2D eigenvalue weighted by molar-refractivity contribution is 0.0939. The van der Waals surface area contributed by atoms with Gasteiger partial charge in [-0.25, -0.2) is 4.39 Å². The molecule has 112 valence electrons. The number of carbonyl (C=O) groups excluding carboxylic acids is 1. The van der Waals surface area contributed by atoms with Crippen molar-refractivity contribution in [3.63, 3.8) is 0 Å². The Balaban J connectivity index is 2.07.